The van der Waals surface area contributed by atoms with Crippen LogP contribution in [0.2, 0.25) is 0 Å². The maximum absolute atomic E-state index is 13.4. The maximum Gasteiger partial charge on any atom is 0.413 e. The van der Waals surface area contributed by atoms with Gasteiger partial charge >= 0.3 is 6.09 Å². The topological polar surface area (TPSA) is 144 Å². The van der Waals surface area contributed by atoms with Crippen LogP contribution >= 0.6 is 0 Å². The van der Waals surface area contributed by atoms with Gasteiger partial charge in [0, 0.05) is 22.3 Å². The Kier molecular flexibility index (Phi) is 7.73. The molecule has 0 unspecified atom stereocenters. The minimum absolute atomic E-state index is 0.177. The summed E-state index contributed by atoms with van der Waals surface area (Å²) < 4.78 is 10.3. The molecule has 9 nitrogen and oxygen atoms in total. The fourth-order valence-electron chi connectivity index (χ4n) is 3.28. The number of alkyl carbamates (subject to hydrolysis) is 1. The van der Waals surface area contributed by atoms with Crippen molar-refractivity contribution in [3.8, 4) is 5.75 Å². The highest BCUT2D eigenvalue weighted by atomic mass is 16.6. The minimum atomic E-state index is -0.774. The molecule has 0 aliphatic rings. The first-order valence-electron chi connectivity index (χ1n) is 11.1. The molecule has 0 heterocycles. The number of carbonyl (C=O) groups excluding carboxylic acids is 3. The minimum Gasteiger partial charge on any atom is -0.497 e. The zero-order valence-corrected chi connectivity index (χ0v) is 20.5. The number of amidine groups is 1. The monoisotopic (exact) mass is 488 g/mol. The highest BCUT2D eigenvalue weighted by Crippen LogP contribution is 2.27. The van der Waals surface area contributed by atoms with Gasteiger partial charge in [0.05, 0.1) is 18.5 Å². The average molecular weight is 489 g/mol. The van der Waals surface area contributed by atoms with E-state index in [4.69, 9.17) is 20.6 Å². The van der Waals surface area contributed by atoms with Crippen LogP contribution in [0.1, 0.15) is 52.6 Å². The Morgan fingerprint density at radius 1 is 0.889 bits per heavy atom. The second-order valence-corrected chi connectivity index (χ2v) is 8.86. The average Bonchev–Trinajstić information content (AvgIpc) is 2.83. The number of nitrogens with two attached hydrogens (primary N) is 1. The number of carbonyl (C=O) groups is 3. The Bertz CT molecular complexity index is 1310. The van der Waals surface area contributed by atoms with Crippen molar-refractivity contribution in [3.05, 3.63) is 89.0 Å². The fourth-order valence-corrected chi connectivity index (χ4v) is 3.28. The molecule has 0 aromatic heterocycles. The predicted octanol–water partition coefficient (Wildman–Crippen LogP) is 4.61. The van der Waals surface area contributed by atoms with Crippen LogP contribution in [0.15, 0.2) is 66.7 Å². The summed E-state index contributed by atoms with van der Waals surface area (Å²) in [6, 6.07) is 17.5. The summed E-state index contributed by atoms with van der Waals surface area (Å²) in [7, 11) is 1.53. The first-order chi connectivity index (χ1) is 17.0. The molecule has 0 radical (unpaired) electrons. The molecule has 3 aromatic rings. The number of nitrogen functional groups attached to an aromatic ring is 1. The Labute approximate surface area is 209 Å². The number of ether oxygens (including phenoxy) is 2. The molecule has 3 aromatic carbocycles. The van der Waals surface area contributed by atoms with E-state index >= 15 is 0 Å². The van der Waals surface area contributed by atoms with Gasteiger partial charge in [0.15, 0.2) is 5.78 Å². The SMILES string of the molecule is COc1ccc(C(=O)Nc2c(N)cccc2C(=O)c2cccc(C(=N)NC(=O)OC(C)(C)C)c2)cc1. The van der Waals surface area contributed by atoms with Gasteiger partial charge in [-0.05, 0) is 63.2 Å². The van der Waals surface area contributed by atoms with Crippen LogP contribution in [0.25, 0.3) is 0 Å². The standard InChI is InChI=1S/C27H28N4O5/c1-27(2,3)36-26(34)31-24(29)18-8-5-7-17(15-18)23(32)20-9-6-10-21(28)22(20)30-25(33)16-11-13-19(35-4)14-12-16/h5-15H,28H2,1-4H3,(H,30,33)(H2,29,31,34). The first kappa shape index (κ1) is 26.0. The summed E-state index contributed by atoms with van der Waals surface area (Å²) in [6.07, 6.45) is -0.774. The van der Waals surface area contributed by atoms with Gasteiger partial charge in [-0.2, -0.15) is 0 Å². The number of methoxy groups -OCH3 is 1. The van der Waals surface area contributed by atoms with Gasteiger partial charge < -0.3 is 20.5 Å². The molecule has 0 aliphatic heterocycles. The molecule has 0 atom stereocenters. The summed E-state index contributed by atoms with van der Waals surface area (Å²) >= 11 is 0. The number of nitrogens with one attached hydrogen (secondary N) is 3. The van der Waals surface area contributed by atoms with E-state index < -0.39 is 23.4 Å². The summed E-state index contributed by atoms with van der Waals surface area (Å²) in [6.45, 7) is 5.14. The first-order valence-corrected chi connectivity index (χ1v) is 11.1. The van der Waals surface area contributed by atoms with Gasteiger partial charge in [-0.1, -0.05) is 24.3 Å². The van der Waals surface area contributed by atoms with Crippen molar-refractivity contribution in [1.82, 2.24) is 5.32 Å². The van der Waals surface area contributed by atoms with Crippen LogP contribution in [0.4, 0.5) is 16.2 Å². The van der Waals surface area contributed by atoms with Crippen LogP contribution in [0, 0.1) is 5.41 Å². The zero-order valence-electron chi connectivity index (χ0n) is 20.5. The maximum atomic E-state index is 13.4. The van der Waals surface area contributed by atoms with Crippen LogP contribution in [-0.4, -0.2) is 36.3 Å². The van der Waals surface area contributed by atoms with Crippen LogP contribution < -0.4 is 21.1 Å². The molecule has 36 heavy (non-hydrogen) atoms. The summed E-state index contributed by atoms with van der Waals surface area (Å²) in [5, 5.41) is 13.3. The van der Waals surface area contributed by atoms with E-state index in [9.17, 15) is 14.4 Å². The van der Waals surface area contributed by atoms with Gasteiger partial charge in [-0.25, -0.2) is 4.79 Å². The number of benzene rings is 3. The number of amides is 2. The summed E-state index contributed by atoms with van der Waals surface area (Å²) in [5.74, 6) is -0.478. The fraction of sp³-hybridized carbons (Fsp3) is 0.185. The second kappa shape index (κ2) is 10.7. The van der Waals surface area contributed by atoms with E-state index in [0.29, 0.717) is 16.9 Å². The van der Waals surface area contributed by atoms with Gasteiger partial charge in [0.2, 0.25) is 0 Å². The third-order valence-corrected chi connectivity index (χ3v) is 4.97. The van der Waals surface area contributed by atoms with Crippen LogP contribution in [0.3, 0.4) is 0 Å². The lowest BCUT2D eigenvalue weighted by Crippen LogP contribution is -2.36. The zero-order chi connectivity index (χ0) is 26.5. The normalized spacial score (nSPS) is 10.8. The number of anilines is 2. The molecule has 0 aliphatic carbocycles. The largest absolute Gasteiger partial charge is 0.497 e. The molecular weight excluding hydrogens is 460 g/mol. The van der Waals surface area contributed by atoms with Crippen molar-refractivity contribution >= 4 is 35.0 Å². The van der Waals surface area contributed by atoms with Gasteiger partial charge in [-0.3, -0.25) is 20.3 Å². The molecule has 2 amide bonds. The van der Waals surface area contributed by atoms with E-state index in [1.807, 2.05) is 0 Å². The van der Waals surface area contributed by atoms with Crippen molar-refractivity contribution in [2.75, 3.05) is 18.2 Å². The number of hydrogen-bond acceptors (Lipinski definition) is 7. The third-order valence-electron chi connectivity index (χ3n) is 4.97. The van der Waals surface area contributed by atoms with E-state index in [1.54, 1.807) is 81.4 Å². The van der Waals surface area contributed by atoms with Crippen molar-refractivity contribution in [2.24, 2.45) is 0 Å². The van der Waals surface area contributed by atoms with Crippen molar-refractivity contribution in [2.45, 2.75) is 26.4 Å². The lowest BCUT2D eigenvalue weighted by Gasteiger charge is -2.20. The lowest BCUT2D eigenvalue weighted by atomic mass is 9.98. The molecular formula is C27H28N4O5. The highest BCUT2D eigenvalue weighted by molar-refractivity contribution is 6.18. The van der Waals surface area contributed by atoms with E-state index in [2.05, 4.69) is 10.6 Å². The van der Waals surface area contributed by atoms with Crippen molar-refractivity contribution in [3.63, 3.8) is 0 Å². The van der Waals surface area contributed by atoms with Crippen molar-refractivity contribution in [1.29, 1.82) is 5.41 Å². The lowest BCUT2D eigenvalue weighted by molar-refractivity contribution is 0.0562. The molecule has 0 saturated carbocycles. The van der Waals surface area contributed by atoms with Crippen LogP contribution in [-0.2, 0) is 4.74 Å². The molecule has 186 valence electrons. The quantitative estimate of drug-likeness (QED) is 0.173. The van der Waals surface area contributed by atoms with Gasteiger partial charge in [0.25, 0.3) is 5.91 Å². The van der Waals surface area contributed by atoms with Gasteiger partial charge in [0.1, 0.15) is 17.2 Å². The molecule has 9 heteroatoms. The molecule has 0 saturated heterocycles. The van der Waals surface area contributed by atoms with Gasteiger partial charge in [-0.15, -0.1) is 0 Å². The molecule has 0 spiro atoms. The highest BCUT2D eigenvalue weighted by Gasteiger charge is 2.21. The van der Waals surface area contributed by atoms with E-state index in [0.717, 1.165) is 0 Å². The Morgan fingerprint density at radius 3 is 2.17 bits per heavy atom. The molecule has 3 rings (SSSR count). The number of rotatable bonds is 6. The molecule has 5 N–H and O–H groups in total. The van der Waals surface area contributed by atoms with E-state index in [1.165, 1.54) is 13.2 Å². The summed E-state index contributed by atoms with van der Waals surface area (Å²) in [4.78, 5) is 38.2. The number of ketones is 1. The second-order valence-electron chi connectivity index (χ2n) is 8.86. The van der Waals surface area contributed by atoms with Crippen molar-refractivity contribution < 1.29 is 23.9 Å². The predicted molar refractivity (Wildman–Crippen MR) is 138 cm³/mol. The van der Waals surface area contributed by atoms with E-state index in [-0.39, 0.29) is 28.3 Å². The summed E-state index contributed by atoms with van der Waals surface area (Å²) in [5.41, 5.74) is 6.88. The number of para-hydroxylation sites is 1. The molecule has 0 bridgehead atoms. The van der Waals surface area contributed by atoms with Crippen LogP contribution in [0.5, 0.6) is 5.75 Å². The smallest absolute Gasteiger partial charge is 0.413 e. The Balaban J connectivity index is 1.84. The number of hydrogen-bond donors (Lipinski definition) is 4. The Morgan fingerprint density at radius 2 is 1.53 bits per heavy atom. The third kappa shape index (κ3) is 6.47. The molecule has 0 fully saturated rings. The Hall–Kier alpha value is -4.66.